The molecule has 107 heavy (non-hydrogen) atoms. The summed E-state index contributed by atoms with van der Waals surface area (Å²) in [5.74, 6) is 0. The third-order valence-electron chi connectivity index (χ3n) is 6.67. The van der Waals surface area contributed by atoms with E-state index >= 15 is 0 Å². The minimum atomic E-state index is 0.500. The van der Waals surface area contributed by atoms with Gasteiger partial charge >= 0.3 is 0 Å². The lowest BCUT2D eigenvalue weighted by atomic mass is 10.0. The van der Waals surface area contributed by atoms with Crippen LogP contribution >= 0.6 is 0 Å². The highest BCUT2D eigenvalue weighted by molar-refractivity contribution is 5.04. The topological polar surface area (TPSA) is 260 Å². The van der Waals surface area contributed by atoms with Gasteiger partial charge in [-0.3, -0.25) is 0 Å². The Morgan fingerprint density at radius 1 is 0.112 bits per heavy atom. The maximum Gasteiger partial charge on any atom is -0.0195 e. The van der Waals surface area contributed by atoms with Crippen molar-refractivity contribution in [3.63, 3.8) is 0 Å². The zero-order valence-corrected chi connectivity index (χ0v) is 75.5. The monoisotopic (exact) mass is 1490 g/mol. The summed E-state index contributed by atoms with van der Waals surface area (Å²) in [7, 11) is 15.0. The molecule has 10 rings (SSSR count). The van der Waals surface area contributed by atoms with E-state index in [0.29, 0.717) is 10.8 Å². The summed E-state index contributed by atoms with van der Waals surface area (Å²) in [6.45, 7) is 46.2. The Labute approximate surface area is 670 Å². The van der Waals surface area contributed by atoms with Gasteiger partial charge in [0.1, 0.15) is 0 Å². The van der Waals surface area contributed by atoms with Crippen LogP contribution in [0.5, 0.6) is 0 Å². The summed E-state index contributed by atoms with van der Waals surface area (Å²) >= 11 is 0. The highest BCUT2D eigenvalue weighted by atomic mass is 14.4. The van der Waals surface area contributed by atoms with E-state index in [-0.39, 0.29) is 0 Å². The molecule has 0 aliphatic rings. The van der Waals surface area contributed by atoms with E-state index in [0.717, 1.165) is 0 Å². The average molecular weight is 1490 g/mol. The fourth-order valence-corrected chi connectivity index (χ4v) is 3.85. The largest absolute Gasteiger partial charge is 0.333 e. The van der Waals surface area contributed by atoms with E-state index in [1.807, 2.05) is 419 Å². The second-order valence-electron chi connectivity index (χ2n) is 19.7. The molecule has 0 spiro atoms. The van der Waals surface area contributed by atoms with E-state index in [4.69, 9.17) is 0 Å². The molecule has 0 bridgehead atoms. The second kappa shape index (κ2) is 205. The van der Waals surface area contributed by atoms with Crippen molar-refractivity contribution in [2.75, 3.05) is 70.5 Å². The van der Waals surface area contributed by atoms with Gasteiger partial charge in [-0.15, -0.1) is 0 Å². The van der Waals surface area contributed by atoms with Crippen LogP contribution in [-0.2, 0) is 0 Å². The normalized spacial score (nSPS) is 6.90. The van der Waals surface area contributed by atoms with E-state index in [2.05, 4.69) is 154 Å². The molecule has 0 radical (unpaired) electrons. The van der Waals surface area contributed by atoms with Crippen molar-refractivity contribution in [1.29, 1.82) is 0 Å². The molecule has 0 atom stereocenters. The molecule has 10 nitrogen and oxygen atoms in total. The maximum absolute atomic E-state index is 4.50. The predicted molar refractivity (Wildman–Crippen MR) is 509 cm³/mol. The Morgan fingerprint density at radius 3 is 0.131 bits per heavy atom. The third kappa shape index (κ3) is 335. The van der Waals surface area contributed by atoms with Crippen molar-refractivity contribution in [3.8, 4) is 0 Å². The summed E-state index contributed by atoms with van der Waals surface area (Å²) in [5, 5.41) is 0. The molecular formula is C97H182N10. The van der Waals surface area contributed by atoms with E-state index in [1.54, 1.807) is 0 Å². The average Bonchev–Trinajstić information content (AvgIpc) is 3.83. The van der Waals surface area contributed by atoms with Crippen LogP contribution in [0.4, 0.5) is 0 Å². The van der Waals surface area contributed by atoms with E-state index in [1.165, 1.54) is 89.7 Å². The van der Waals surface area contributed by atoms with Gasteiger partial charge in [0.05, 0.1) is 0 Å². The molecule has 10 aromatic rings. The minimum Gasteiger partial charge on any atom is -0.333 e. The quantitative estimate of drug-likeness (QED) is 0.0687. The summed E-state index contributed by atoms with van der Waals surface area (Å²) in [6, 6.07) is 120. The highest BCUT2D eigenvalue weighted by Crippen LogP contribution is 2.08. The molecule has 0 saturated carbocycles. The second-order valence-corrected chi connectivity index (χ2v) is 19.7. The molecule has 10 heteroatoms. The third-order valence-corrected chi connectivity index (χ3v) is 6.67. The summed E-state index contributed by atoms with van der Waals surface area (Å²) in [6.07, 6.45) is 3.75. The Balaban J connectivity index is -0.0000000447. The molecule has 0 saturated heterocycles. The first-order valence-electron chi connectivity index (χ1n) is 38.0. The first-order valence-corrected chi connectivity index (χ1v) is 38.0. The lowest BCUT2D eigenvalue weighted by Crippen LogP contribution is -1.93. The number of hydrogen-bond donors (Lipinski definition) is 10. The molecule has 620 valence electrons. The standard InChI is InChI=1S/10C6H6.2C5H12.3C3H8.4C2H6.10CH5N/c10*1-2-4-6-5-3-1;2*1-5(2,3)4;3*1-3-2;14*1-2/h10*1-6H;2*1-4H3;3*3H2,1-2H3;4*1-2H3;10*2H2,1H3. The van der Waals surface area contributed by atoms with Gasteiger partial charge in [0.15, 0.2) is 0 Å². The maximum atomic E-state index is 4.50. The van der Waals surface area contributed by atoms with Crippen LogP contribution < -0.4 is 57.3 Å². The lowest BCUT2D eigenvalue weighted by molar-refractivity contribution is 0.469. The Morgan fingerprint density at radius 2 is 0.121 bits per heavy atom. The molecule has 0 aliphatic carbocycles. The van der Waals surface area contributed by atoms with E-state index < -0.39 is 0 Å². The molecule has 0 heterocycles. The smallest absolute Gasteiger partial charge is 0.0195 e. The Hall–Kier alpha value is -8.20. The number of rotatable bonds is 0. The van der Waals surface area contributed by atoms with Gasteiger partial charge in [-0.2, -0.15) is 0 Å². The molecule has 0 fully saturated rings. The molecule has 0 unspecified atom stereocenters. The zero-order chi connectivity index (χ0) is 87.5. The number of nitrogens with two attached hydrogens (primary N) is 10. The van der Waals surface area contributed by atoms with Crippen LogP contribution in [0.1, 0.15) is 172 Å². The molecule has 0 amide bonds. The first kappa shape index (κ1) is 148. The Bertz CT molecular complexity index is 1510. The van der Waals surface area contributed by atoms with Crippen LogP contribution in [0.2, 0.25) is 0 Å². The van der Waals surface area contributed by atoms with Gasteiger partial charge < -0.3 is 57.3 Å². The SMILES string of the molecule is CC.CC.CC.CC.CC(C)(C)C.CC(C)(C)C.CCC.CCC.CCC.CN.CN.CN.CN.CN.CN.CN.CN.CN.CN.c1ccccc1.c1ccccc1.c1ccccc1.c1ccccc1.c1ccccc1.c1ccccc1.c1ccccc1.c1ccccc1.c1ccccc1.c1ccccc1. The molecule has 0 aliphatic heterocycles. The van der Waals surface area contributed by atoms with Gasteiger partial charge in [0.25, 0.3) is 0 Å². The first-order chi connectivity index (χ1) is 52.2. The van der Waals surface area contributed by atoms with Crippen LogP contribution in [0.25, 0.3) is 0 Å². The predicted octanol–water partition coefficient (Wildman–Crippen LogP) is 25.1. The van der Waals surface area contributed by atoms with Crippen LogP contribution in [0, 0.1) is 10.8 Å². The summed E-state index contributed by atoms with van der Waals surface area (Å²) < 4.78 is 0. The van der Waals surface area contributed by atoms with Crippen LogP contribution in [0.15, 0.2) is 364 Å². The Kier molecular flexibility index (Phi) is 285. The van der Waals surface area contributed by atoms with Crippen molar-refractivity contribution >= 4 is 0 Å². The molecule has 10 aromatic carbocycles. The van der Waals surface area contributed by atoms with Crippen molar-refractivity contribution in [1.82, 2.24) is 0 Å². The molecule has 20 N–H and O–H groups in total. The fourth-order valence-electron chi connectivity index (χ4n) is 3.85. The van der Waals surface area contributed by atoms with Crippen LogP contribution in [-0.4, -0.2) is 70.5 Å². The van der Waals surface area contributed by atoms with Gasteiger partial charge in [-0.1, -0.05) is 536 Å². The van der Waals surface area contributed by atoms with Crippen molar-refractivity contribution in [3.05, 3.63) is 364 Å². The van der Waals surface area contributed by atoms with Crippen molar-refractivity contribution < 1.29 is 0 Å². The van der Waals surface area contributed by atoms with Crippen LogP contribution in [0.3, 0.4) is 0 Å². The lowest BCUT2D eigenvalue weighted by Gasteiger charge is -2.05. The fraction of sp³-hybridized carbons (Fsp3) is 0.381. The van der Waals surface area contributed by atoms with E-state index in [9.17, 15) is 0 Å². The van der Waals surface area contributed by atoms with Gasteiger partial charge in [0.2, 0.25) is 0 Å². The summed E-state index contributed by atoms with van der Waals surface area (Å²) in [5.41, 5.74) is 46.0. The highest BCUT2D eigenvalue weighted by Gasteiger charge is 1.96. The van der Waals surface area contributed by atoms with Gasteiger partial charge in [-0.05, 0) is 81.3 Å². The number of hydrogen-bond acceptors (Lipinski definition) is 10. The molecular weight excluding hydrogens is 1310 g/mol. The molecule has 0 aromatic heterocycles. The van der Waals surface area contributed by atoms with Crippen molar-refractivity contribution in [2.24, 2.45) is 68.2 Å². The van der Waals surface area contributed by atoms with Gasteiger partial charge in [-0.25, -0.2) is 0 Å². The summed E-state index contributed by atoms with van der Waals surface area (Å²) in [4.78, 5) is 0. The number of benzene rings is 10. The van der Waals surface area contributed by atoms with Gasteiger partial charge in [0, 0.05) is 0 Å². The van der Waals surface area contributed by atoms with Crippen molar-refractivity contribution in [2.45, 2.75) is 172 Å². The zero-order valence-electron chi connectivity index (χ0n) is 75.5. The minimum absolute atomic E-state index is 0.500.